The maximum Gasteiger partial charge on any atom is 0.393 e. The Balaban J connectivity index is 0. The standard InChI is InChI=1S/C10H11F3.C2H6/c1-3-5-7-9(6-4-2)8-10(11,12)13;1-2/h3-7H,1-2,8H2;1-2H3/b7-5-,9-6+;. The third-order valence-corrected chi connectivity index (χ3v) is 1.18. The van der Waals surface area contributed by atoms with Crippen molar-refractivity contribution in [3.05, 3.63) is 49.1 Å². The van der Waals surface area contributed by atoms with Crippen molar-refractivity contribution < 1.29 is 13.2 Å². The minimum Gasteiger partial charge on any atom is -0.171 e. The molecule has 0 unspecified atom stereocenters. The largest absolute Gasteiger partial charge is 0.393 e. The van der Waals surface area contributed by atoms with Gasteiger partial charge in [-0.2, -0.15) is 13.2 Å². The van der Waals surface area contributed by atoms with Gasteiger partial charge in [0.15, 0.2) is 0 Å². The van der Waals surface area contributed by atoms with Crippen molar-refractivity contribution in [3.8, 4) is 0 Å². The average Bonchev–Trinajstić information content (AvgIpc) is 2.15. The van der Waals surface area contributed by atoms with E-state index in [1.54, 1.807) is 0 Å². The Labute approximate surface area is 89.5 Å². The SMILES string of the molecule is C=C/C=C\C(=C/C=C)CC(F)(F)F.CC. The van der Waals surface area contributed by atoms with E-state index in [0.29, 0.717) is 0 Å². The molecule has 0 spiro atoms. The van der Waals surface area contributed by atoms with Crippen molar-refractivity contribution in [1.29, 1.82) is 0 Å². The molecule has 0 aromatic heterocycles. The molecule has 0 saturated heterocycles. The number of allylic oxidation sites excluding steroid dienone is 6. The lowest BCUT2D eigenvalue weighted by Crippen LogP contribution is -2.07. The molecule has 86 valence electrons. The summed E-state index contributed by atoms with van der Waals surface area (Å²) < 4.78 is 35.8. The van der Waals surface area contributed by atoms with Crippen LogP contribution in [0.1, 0.15) is 20.3 Å². The summed E-state index contributed by atoms with van der Waals surface area (Å²) in [5.41, 5.74) is 0.169. The highest BCUT2D eigenvalue weighted by atomic mass is 19.4. The minimum atomic E-state index is -4.18. The summed E-state index contributed by atoms with van der Waals surface area (Å²) >= 11 is 0. The van der Waals surface area contributed by atoms with Crippen LogP contribution in [0.5, 0.6) is 0 Å². The lowest BCUT2D eigenvalue weighted by atomic mass is 10.1. The molecule has 0 saturated carbocycles. The highest BCUT2D eigenvalue weighted by Crippen LogP contribution is 2.25. The van der Waals surface area contributed by atoms with E-state index in [0.717, 1.165) is 0 Å². The zero-order chi connectivity index (χ0) is 12.3. The first kappa shape index (κ1) is 16.2. The third-order valence-electron chi connectivity index (χ3n) is 1.18. The fourth-order valence-electron chi connectivity index (χ4n) is 0.748. The Morgan fingerprint density at radius 1 is 1.13 bits per heavy atom. The highest BCUT2D eigenvalue weighted by Gasteiger charge is 2.27. The Bertz CT molecular complexity index is 232. The molecule has 0 aliphatic heterocycles. The van der Waals surface area contributed by atoms with Crippen LogP contribution in [0.3, 0.4) is 0 Å². The molecule has 0 radical (unpaired) electrons. The minimum absolute atomic E-state index is 0.169. The van der Waals surface area contributed by atoms with Gasteiger partial charge in [-0.25, -0.2) is 0 Å². The molecule has 0 fully saturated rings. The van der Waals surface area contributed by atoms with Gasteiger partial charge in [0.25, 0.3) is 0 Å². The van der Waals surface area contributed by atoms with Gasteiger partial charge >= 0.3 is 6.18 Å². The molecular weight excluding hydrogens is 201 g/mol. The summed E-state index contributed by atoms with van der Waals surface area (Å²) in [5.74, 6) is 0. The fraction of sp³-hybridized carbons (Fsp3) is 0.333. The summed E-state index contributed by atoms with van der Waals surface area (Å²) in [4.78, 5) is 0. The monoisotopic (exact) mass is 218 g/mol. The second-order valence-electron chi connectivity index (χ2n) is 2.36. The zero-order valence-corrected chi connectivity index (χ0v) is 9.14. The van der Waals surface area contributed by atoms with Crippen molar-refractivity contribution in [2.75, 3.05) is 0 Å². The molecule has 0 N–H and O–H groups in total. The van der Waals surface area contributed by atoms with Crippen molar-refractivity contribution in [3.63, 3.8) is 0 Å². The van der Waals surface area contributed by atoms with Gasteiger partial charge in [-0.3, -0.25) is 0 Å². The van der Waals surface area contributed by atoms with Crippen molar-refractivity contribution >= 4 is 0 Å². The van der Waals surface area contributed by atoms with Crippen LogP contribution in [0.15, 0.2) is 49.1 Å². The number of hydrogen-bond donors (Lipinski definition) is 0. The van der Waals surface area contributed by atoms with Gasteiger partial charge in [-0.05, 0) is 5.57 Å². The number of hydrogen-bond acceptors (Lipinski definition) is 0. The van der Waals surface area contributed by atoms with E-state index in [1.807, 2.05) is 13.8 Å². The lowest BCUT2D eigenvalue weighted by molar-refractivity contribution is -0.126. The van der Waals surface area contributed by atoms with E-state index in [4.69, 9.17) is 0 Å². The molecule has 0 aromatic carbocycles. The summed E-state index contributed by atoms with van der Waals surface area (Å²) in [6.07, 6.45) is 1.78. The molecule has 0 nitrogen and oxygen atoms in total. The predicted molar refractivity (Wildman–Crippen MR) is 59.6 cm³/mol. The maximum absolute atomic E-state index is 11.9. The van der Waals surface area contributed by atoms with Crippen molar-refractivity contribution in [2.45, 2.75) is 26.4 Å². The van der Waals surface area contributed by atoms with Gasteiger partial charge in [-0.1, -0.05) is 57.4 Å². The quantitative estimate of drug-likeness (QED) is 0.593. The van der Waals surface area contributed by atoms with Gasteiger partial charge in [0.05, 0.1) is 6.42 Å². The van der Waals surface area contributed by atoms with Crippen LogP contribution in [0.4, 0.5) is 13.2 Å². The molecule has 3 heteroatoms. The second kappa shape index (κ2) is 9.31. The van der Waals surface area contributed by atoms with Gasteiger partial charge in [-0.15, -0.1) is 0 Å². The van der Waals surface area contributed by atoms with E-state index in [2.05, 4.69) is 13.2 Å². The van der Waals surface area contributed by atoms with E-state index in [1.165, 1.54) is 30.4 Å². The van der Waals surface area contributed by atoms with Crippen LogP contribution in [0, 0.1) is 0 Å². The third kappa shape index (κ3) is 12.8. The number of halogens is 3. The molecule has 15 heavy (non-hydrogen) atoms. The molecule has 0 aliphatic rings. The first-order valence-electron chi connectivity index (χ1n) is 4.67. The molecule has 0 aromatic rings. The van der Waals surface area contributed by atoms with Crippen LogP contribution in [-0.4, -0.2) is 6.18 Å². The van der Waals surface area contributed by atoms with E-state index >= 15 is 0 Å². The summed E-state index contributed by atoms with van der Waals surface area (Å²) in [6, 6.07) is 0. The normalized spacial score (nSPS) is 11.9. The first-order chi connectivity index (χ1) is 6.99. The predicted octanol–water partition coefficient (Wildman–Crippen LogP) is 4.82. The molecular formula is C12H17F3. The zero-order valence-electron chi connectivity index (χ0n) is 9.14. The van der Waals surface area contributed by atoms with Crippen LogP contribution in [-0.2, 0) is 0 Å². The summed E-state index contributed by atoms with van der Waals surface area (Å²) in [6.45, 7) is 10.7. The lowest BCUT2D eigenvalue weighted by Gasteiger charge is -2.05. The van der Waals surface area contributed by atoms with Gasteiger partial charge in [0, 0.05) is 0 Å². The number of rotatable bonds is 4. The van der Waals surface area contributed by atoms with Crippen molar-refractivity contribution in [2.24, 2.45) is 0 Å². The van der Waals surface area contributed by atoms with E-state index < -0.39 is 12.6 Å². The topological polar surface area (TPSA) is 0 Å². The molecule has 0 heterocycles. The Morgan fingerprint density at radius 2 is 1.67 bits per heavy atom. The van der Waals surface area contributed by atoms with Crippen LogP contribution >= 0.6 is 0 Å². The molecule has 0 amide bonds. The Morgan fingerprint density at radius 3 is 2.00 bits per heavy atom. The highest BCUT2D eigenvalue weighted by molar-refractivity contribution is 5.25. The smallest absolute Gasteiger partial charge is 0.171 e. The summed E-state index contributed by atoms with van der Waals surface area (Å²) in [5, 5.41) is 0. The van der Waals surface area contributed by atoms with E-state index in [-0.39, 0.29) is 5.57 Å². The Hall–Kier alpha value is -1.25. The van der Waals surface area contributed by atoms with Gasteiger partial charge < -0.3 is 0 Å². The van der Waals surface area contributed by atoms with Crippen LogP contribution in [0.2, 0.25) is 0 Å². The summed E-state index contributed by atoms with van der Waals surface area (Å²) in [7, 11) is 0. The Kier molecular flexibility index (Phi) is 10.0. The van der Waals surface area contributed by atoms with Gasteiger partial charge in [0.2, 0.25) is 0 Å². The van der Waals surface area contributed by atoms with Crippen LogP contribution < -0.4 is 0 Å². The van der Waals surface area contributed by atoms with E-state index in [9.17, 15) is 13.2 Å². The molecule has 0 aliphatic carbocycles. The molecule has 0 bridgehead atoms. The average molecular weight is 218 g/mol. The second-order valence-corrected chi connectivity index (χ2v) is 2.36. The first-order valence-corrected chi connectivity index (χ1v) is 4.67. The van der Waals surface area contributed by atoms with Gasteiger partial charge in [0.1, 0.15) is 0 Å². The number of alkyl halides is 3. The molecule has 0 atom stereocenters. The fourth-order valence-corrected chi connectivity index (χ4v) is 0.748. The molecule has 0 rings (SSSR count). The van der Waals surface area contributed by atoms with Crippen LogP contribution in [0.25, 0.3) is 0 Å². The maximum atomic E-state index is 11.9. The van der Waals surface area contributed by atoms with Crippen molar-refractivity contribution in [1.82, 2.24) is 0 Å².